The third-order valence-electron chi connectivity index (χ3n) is 3.53. The van der Waals surface area contributed by atoms with Crippen molar-refractivity contribution in [2.24, 2.45) is 10.9 Å². The molecule has 2 heterocycles. The fraction of sp³-hybridized carbons (Fsp3) is 0.462. The third-order valence-corrected chi connectivity index (χ3v) is 3.53. The van der Waals surface area contributed by atoms with Crippen molar-refractivity contribution in [1.29, 1.82) is 0 Å². The van der Waals surface area contributed by atoms with E-state index in [0.29, 0.717) is 5.69 Å². The monoisotopic (exact) mass is 276 g/mol. The average molecular weight is 276 g/mol. The third kappa shape index (κ3) is 2.15. The van der Waals surface area contributed by atoms with Crippen LogP contribution in [0.4, 0.5) is 0 Å². The van der Waals surface area contributed by atoms with E-state index in [1.807, 2.05) is 13.8 Å². The summed E-state index contributed by atoms with van der Waals surface area (Å²) in [6.07, 6.45) is 0. The summed E-state index contributed by atoms with van der Waals surface area (Å²) in [5.41, 5.74) is -0.370. The molecule has 0 fully saturated rings. The second kappa shape index (κ2) is 4.66. The van der Waals surface area contributed by atoms with Crippen LogP contribution in [0.15, 0.2) is 11.1 Å². The number of aromatic nitrogens is 2. The van der Waals surface area contributed by atoms with Crippen molar-refractivity contribution in [3.8, 4) is 0 Å². The van der Waals surface area contributed by atoms with Crippen LogP contribution in [-0.2, 0) is 4.79 Å². The Morgan fingerprint density at radius 2 is 2.05 bits per heavy atom. The number of rotatable bonds is 3. The minimum atomic E-state index is -1.13. The number of carboxylic acids is 1. The zero-order valence-electron chi connectivity index (χ0n) is 11.8. The molecule has 20 heavy (non-hydrogen) atoms. The molecule has 1 aromatic rings. The normalized spacial score (nSPS) is 21.9. The van der Waals surface area contributed by atoms with Crippen molar-refractivity contribution in [3.63, 3.8) is 0 Å². The van der Waals surface area contributed by atoms with E-state index in [1.165, 1.54) is 6.07 Å². The first-order valence-corrected chi connectivity index (χ1v) is 6.25. The molecule has 1 amide bonds. The van der Waals surface area contributed by atoms with E-state index in [4.69, 9.17) is 0 Å². The maximum absolute atomic E-state index is 12.0. The lowest BCUT2D eigenvalue weighted by Crippen LogP contribution is -2.41. The van der Waals surface area contributed by atoms with Gasteiger partial charge in [0.15, 0.2) is 5.84 Å². The van der Waals surface area contributed by atoms with Crippen LogP contribution in [0.2, 0.25) is 0 Å². The summed E-state index contributed by atoms with van der Waals surface area (Å²) >= 11 is 0. The Morgan fingerprint density at radius 3 is 2.55 bits per heavy atom. The quantitative estimate of drug-likeness (QED) is 0.848. The molecule has 7 heteroatoms. The molecule has 1 atom stereocenters. The maximum Gasteiger partial charge on any atom is 0.338 e. The highest BCUT2D eigenvalue weighted by Gasteiger charge is 2.43. The van der Waals surface area contributed by atoms with Gasteiger partial charge >= 0.3 is 5.97 Å². The zero-order chi connectivity index (χ0) is 15.1. The van der Waals surface area contributed by atoms with Gasteiger partial charge in [-0.3, -0.25) is 4.79 Å². The maximum atomic E-state index is 12.0. The molecule has 1 aliphatic heterocycles. The van der Waals surface area contributed by atoms with Crippen LogP contribution < -0.4 is 5.32 Å². The molecule has 2 rings (SSSR count). The van der Waals surface area contributed by atoms with Crippen molar-refractivity contribution >= 4 is 17.7 Å². The number of hydrogen-bond donors (Lipinski definition) is 2. The molecule has 0 bridgehead atoms. The number of nitrogens with one attached hydrogen (secondary N) is 1. The molecule has 0 saturated carbocycles. The van der Waals surface area contributed by atoms with Crippen LogP contribution in [0, 0.1) is 12.8 Å². The Balaban J connectivity index is 2.54. The van der Waals surface area contributed by atoms with Gasteiger partial charge in [-0.25, -0.2) is 9.79 Å². The van der Waals surface area contributed by atoms with Crippen molar-refractivity contribution in [3.05, 3.63) is 23.0 Å². The summed E-state index contributed by atoms with van der Waals surface area (Å²) in [7, 11) is 0. The number of nitrogens with zero attached hydrogens (tertiary/aromatic N) is 3. The van der Waals surface area contributed by atoms with E-state index in [9.17, 15) is 14.7 Å². The van der Waals surface area contributed by atoms with Crippen LogP contribution in [0.5, 0.6) is 0 Å². The molecular formula is C13H16N4O3. The SMILES string of the molecule is Cc1cc(C(=O)O)c(C2=NC(C)(C(C)C)C(=O)N2)nn1. The fourth-order valence-electron chi connectivity index (χ4n) is 1.88. The molecule has 1 unspecified atom stereocenters. The van der Waals surface area contributed by atoms with E-state index < -0.39 is 11.5 Å². The van der Waals surface area contributed by atoms with Crippen LogP contribution in [-0.4, -0.2) is 38.6 Å². The molecule has 0 aromatic carbocycles. The van der Waals surface area contributed by atoms with Gasteiger partial charge in [0.05, 0.1) is 11.3 Å². The highest BCUT2D eigenvalue weighted by Crippen LogP contribution is 2.27. The van der Waals surface area contributed by atoms with Gasteiger partial charge in [-0.1, -0.05) is 13.8 Å². The van der Waals surface area contributed by atoms with Gasteiger partial charge in [0.25, 0.3) is 5.91 Å². The summed E-state index contributed by atoms with van der Waals surface area (Å²) in [4.78, 5) is 27.7. The Bertz CT molecular complexity index is 624. The second-order valence-corrected chi connectivity index (χ2v) is 5.27. The van der Waals surface area contributed by atoms with Gasteiger partial charge in [0, 0.05) is 0 Å². The second-order valence-electron chi connectivity index (χ2n) is 5.27. The number of carboxylic acid groups (broad SMARTS) is 1. The summed E-state index contributed by atoms with van der Waals surface area (Å²) in [5.74, 6) is -1.25. The fourth-order valence-corrected chi connectivity index (χ4v) is 1.88. The van der Waals surface area contributed by atoms with Gasteiger partial charge in [-0.2, -0.15) is 5.10 Å². The molecule has 1 aliphatic rings. The highest BCUT2D eigenvalue weighted by atomic mass is 16.4. The van der Waals surface area contributed by atoms with Crippen LogP contribution in [0.3, 0.4) is 0 Å². The Labute approximate surface area is 116 Å². The summed E-state index contributed by atoms with van der Waals surface area (Å²) in [6.45, 7) is 7.12. The van der Waals surface area contributed by atoms with E-state index in [0.717, 1.165) is 0 Å². The summed E-state index contributed by atoms with van der Waals surface area (Å²) in [5, 5.41) is 19.5. The topological polar surface area (TPSA) is 105 Å². The lowest BCUT2D eigenvalue weighted by molar-refractivity contribution is -0.124. The minimum Gasteiger partial charge on any atom is -0.478 e. The van der Waals surface area contributed by atoms with Gasteiger partial charge < -0.3 is 10.4 Å². The van der Waals surface area contributed by atoms with E-state index >= 15 is 0 Å². The number of carbonyl (C=O) groups is 2. The predicted octanol–water partition coefficient (Wildman–Crippen LogP) is 0.774. The number of aromatic carboxylic acids is 1. The van der Waals surface area contributed by atoms with Gasteiger partial charge in [-0.05, 0) is 25.8 Å². The summed E-state index contributed by atoms with van der Waals surface area (Å²) in [6, 6.07) is 1.41. The average Bonchev–Trinajstić information content (AvgIpc) is 2.66. The van der Waals surface area contributed by atoms with Crippen molar-refractivity contribution in [2.75, 3.05) is 0 Å². The molecule has 1 aromatic heterocycles. The van der Waals surface area contributed by atoms with Crippen LogP contribution >= 0.6 is 0 Å². The molecular weight excluding hydrogens is 260 g/mol. The van der Waals surface area contributed by atoms with E-state index in [2.05, 4.69) is 20.5 Å². The molecule has 7 nitrogen and oxygen atoms in total. The van der Waals surface area contributed by atoms with Crippen LogP contribution in [0.1, 0.15) is 42.5 Å². The Kier molecular flexibility index (Phi) is 3.29. The van der Waals surface area contributed by atoms with Crippen molar-refractivity contribution < 1.29 is 14.7 Å². The molecule has 2 N–H and O–H groups in total. The number of hydrogen-bond acceptors (Lipinski definition) is 5. The smallest absolute Gasteiger partial charge is 0.338 e. The largest absolute Gasteiger partial charge is 0.478 e. The molecule has 0 saturated heterocycles. The van der Waals surface area contributed by atoms with E-state index in [1.54, 1.807) is 13.8 Å². The lowest BCUT2D eigenvalue weighted by atomic mass is 9.89. The van der Waals surface area contributed by atoms with Gasteiger partial charge in [0.2, 0.25) is 0 Å². The van der Waals surface area contributed by atoms with E-state index in [-0.39, 0.29) is 28.9 Å². The highest BCUT2D eigenvalue weighted by molar-refractivity contribution is 6.17. The molecule has 0 radical (unpaired) electrons. The number of aliphatic imine (C=N–C) groups is 1. The number of amidine groups is 1. The standard InChI is InChI=1S/C13H16N4O3/c1-6(2)13(4)12(20)14-10(15-13)9-8(11(18)19)5-7(3)16-17-9/h5-6H,1-4H3,(H,18,19)(H,14,15,20). The van der Waals surface area contributed by atoms with Crippen molar-refractivity contribution in [1.82, 2.24) is 15.5 Å². The number of aryl methyl sites for hydroxylation is 1. The predicted molar refractivity (Wildman–Crippen MR) is 71.7 cm³/mol. The first-order valence-electron chi connectivity index (χ1n) is 6.25. The zero-order valence-corrected chi connectivity index (χ0v) is 11.8. The molecule has 106 valence electrons. The lowest BCUT2D eigenvalue weighted by Gasteiger charge is -2.21. The molecule has 0 spiro atoms. The van der Waals surface area contributed by atoms with Crippen molar-refractivity contribution in [2.45, 2.75) is 33.2 Å². The number of amides is 1. The first-order chi connectivity index (χ1) is 9.25. The van der Waals surface area contributed by atoms with Gasteiger partial charge in [-0.15, -0.1) is 5.10 Å². The first kappa shape index (κ1) is 14.1. The summed E-state index contributed by atoms with van der Waals surface area (Å²) < 4.78 is 0. The number of carbonyl (C=O) groups excluding carboxylic acids is 1. The molecule has 0 aliphatic carbocycles. The Hall–Kier alpha value is -2.31. The van der Waals surface area contributed by atoms with Crippen LogP contribution in [0.25, 0.3) is 0 Å². The Morgan fingerprint density at radius 1 is 1.40 bits per heavy atom. The minimum absolute atomic E-state index is 0.0216. The van der Waals surface area contributed by atoms with Gasteiger partial charge in [0.1, 0.15) is 11.2 Å².